The fourth-order valence-corrected chi connectivity index (χ4v) is 2.40. The molecule has 4 nitrogen and oxygen atoms in total. The Morgan fingerprint density at radius 1 is 0.720 bits per heavy atom. The van der Waals surface area contributed by atoms with Gasteiger partial charge in [-0.05, 0) is 23.3 Å². The van der Waals surface area contributed by atoms with Crippen molar-refractivity contribution in [2.45, 2.75) is 13.2 Å². The minimum atomic E-state index is 0.488. The molecule has 2 N–H and O–H groups in total. The van der Waals surface area contributed by atoms with Gasteiger partial charge in [0.1, 0.15) is 24.7 Å². The molecule has 4 heteroatoms. The molecule has 3 aromatic rings. The maximum absolute atomic E-state index is 5.89. The lowest BCUT2D eigenvalue weighted by Gasteiger charge is -2.11. The smallest absolute Gasteiger partial charge is 0.124 e. The van der Waals surface area contributed by atoms with Gasteiger partial charge in [0.05, 0.1) is 6.21 Å². The zero-order valence-electron chi connectivity index (χ0n) is 13.8. The van der Waals surface area contributed by atoms with Crippen molar-refractivity contribution in [3.63, 3.8) is 0 Å². The average molecular weight is 332 g/mol. The molecule has 0 fully saturated rings. The summed E-state index contributed by atoms with van der Waals surface area (Å²) in [7, 11) is 0. The van der Waals surface area contributed by atoms with E-state index in [1.165, 1.54) is 0 Å². The number of nitrogens with two attached hydrogens (primary N) is 1. The van der Waals surface area contributed by atoms with Crippen molar-refractivity contribution >= 4 is 6.21 Å². The average Bonchev–Trinajstić information content (AvgIpc) is 2.67. The van der Waals surface area contributed by atoms with Gasteiger partial charge in [-0.15, -0.1) is 0 Å². The Labute approximate surface area is 147 Å². The third kappa shape index (κ3) is 5.11. The summed E-state index contributed by atoms with van der Waals surface area (Å²) in [5, 5.41) is 3.59. The van der Waals surface area contributed by atoms with Gasteiger partial charge in [0.15, 0.2) is 0 Å². The highest BCUT2D eigenvalue weighted by Gasteiger charge is 2.04. The second kappa shape index (κ2) is 8.55. The molecule has 0 saturated heterocycles. The van der Waals surface area contributed by atoms with Crippen LogP contribution >= 0.6 is 0 Å². The summed E-state index contributed by atoms with van der Waals surface area (Å²) >= 11 is 0. The fraction of sp³-hybridized carbons (Fsp3) is 0.0952. The van der Waals surface area contributed by atoms with Crippen molar-refractivity contribution in [1.82, 2.24) is 0 Å². The van der Waals surface area contributed by atoms with Crippen LogP contribution in [-0.2, 0) is 13.2 Å². The van der Waals surface area contributed by atoms with Gasteiger partial charge in [0.25, 0.3) is 0 Å². The molecule has 0 unspecified atom stereocenters. The van der Waals surface area contributed by atoms with Crippen molar-refractivity contribution < 1.29 is 9.47 Å². The highest BCUT2D eigenvalue weighted by atomic mass is 16.5. The van der Waals surface area contributed by atoms with Crippen LogP contribution in [0.1, 0.15) is 16.7 Å². The van der Waals surface area contributed by atoms with E-state index in [4.69, 9.17) is 15.3 Å². The molecule has 0 aromatic heterocycles. The summed E-state index contributed by atoms with van der Waals surface area (Å²) in [6.07, 6.45) is 1.57. The number of benzene rings is 3. The van der Waals surface area contributed by atoms with Gasteiger partial charge in [-0.25, -0.2) is 0 Å². The molecule has 0 heterocycles. The summed E-state index contributed by atoms with van der Waals surface area (Å²) in [5.74, 6) is 6.70. The quantitative estimate of drug-likeness (QED) is 0.402. The van der Waals surface area contributed by atoms with Crippen molar-refractivity contribution in [3.05, 3.63) is 95.6 Å². The zero-order valence-corrected chi connectivity index (χ0v) is 13.8. The van der Waals surface area contributed by atoms with Crippen LogP contribution in [0.15, 0.2) is 84.0 Å². The summed E-state index contributed by atoms with van der Waals surface area (Å²) in [6.45, 7) is 0.977. The largest absolute Gasteiger partial charge is 0.489 e. The van der Waals surface area contributed by atoms with Crippen LogP contribution in [0.5, 0.6) is 11.5 Å². The summed E-state index contributed by atoms with van der Waals surface area (Å²) in [5.41, 5.74) is 3.04. The van der Waals surface area contributed by atoms with Crippen molar-refractivity contribution in [1.29, 1.82) is 0 Å². The summed E-state index contributed by atoms with van der Waals surface area (Å²) < 4.78 is 11.8. The summed E-state index contributed by atoms with van der Waals surface area (Å²) in [6, 6.07) is 25.7. The van der Waals surface area contributed by atoms with Gasteiger partial charge in [0, 0.05) is 11.6 Å². The molecule has 3 rings (SSSR count). The molecule has 3 aromatic carbocycles. The maximum Gasteiger partial charge on any atom is 0.124 e. The van der Waals surface area contributed by atoms with E-state index in [9.17, 15) is 0 Å². The molecule has 126 valence electrons. The fourth-order valence-electron chi connectivity index (χ4n) is 2.40. The Morgan fingerprint density at radius 3 is 1.64 bits per heavy atom. The van der Waals surface area contributed by atoms with Crippen LogP contribution in [0.2, 0.25) is 0 Å². The number of hydrazone groups is 1. The van der Waals surface area contributed by atoms with Crippen LogP contribution in [0.4, 0.5) is 0 Å². The molecule has 0 radical (unpaired) electrons. The number of hydrogen-bond acceptors (Lipinski definition) is 4. The molecular weight excluding hydrogens is 312 g/mol. The topological polar surface area (TPSA) is 56.8 Å². The van der Waals surface area contributed by atoms with E-state index in [1.807, 2.05) is 78.9 Å². The lowest BCUT2D eigenvalue weighted by Crippen LogP contribution is -1.99. The third-order valence-electron chi connectivity index (χ3n) is 3.62. The van der Waals surface area contributed by atoms with Gasteiger partial charge >= 0.3 is 0 Å². The van der Waals surface area contributed by atoms with E-state index in [0.29, 0.717) is 24.7 Å². The zero-order chi connectivity index (χ0) is 17.3. The van der Waals surface area contributed by atoms with Gasteiger partial charge in [-0.3, -0.25) is 0 Å². The van der Waals surface area contributed by atoms with E-state index in [2.05, 4.69) is 5.10 Å². The molecule has 0 saturated carbocycles. The van der Waals surface area contributed by atoms with Gasteiger partial charge in [-0.2, -0.15) is 5.10 Å². The molecule has 0 spiro atoms. The molecule has 0 bridgehead atoms. The number of ether oxygens (including phenoxy) is 2. The predicted molar refractivity (Wildman–Crippen MR) is 99.8 cm³/mol. The highest BCUT2D eigenvalue weighted by Crippen LogP contribution is 2.24. The van der Waals surface area contributed by atoms with Gasteiger partial charge in [-0.1, -0.05) is 60.7 Å². The van der Waals surface area contributed by atoms with E-state index >= 15 is 0 Å². The second-order valence-electron chi connectivity index (χ2n) is 5.56. The first-order valence-electron chi connectivity index (χ1n) is 8.05. The predicted octanol–water partition coefficient (Wildman–Crippen LogP) is 4.14. The van der Waals surface area contributed by atoms with Crippen molar-refractivity contribution in [2.75, 3.05) is 0 Å². The molecule has 0 aliphatic rings. The minimum Gasteiger partial charge on any atom is -0.489 e. The molecule has 0 aliphatic heterocycles. The standard InChI is InChI=1S/C21H20N2O2/c22-23-14-19-11-20(24-15-17-7-3-1-4-8-17)13-21(12-19)25-16-18-9-5-2-6-10-18/h1-14H,15-16,22H2/b23-14+. The van der Waals surface area contributed by atoms with Crippen LogP contribution in [0, 0.1) is 0 Å². The van der Waals surface area contributed by atoms with E-state index in [1.54, 1.807) is 6.21 Å². The normalized spacial score (nSPS) is 10.7. The van der Waals surface area contributed by atoms with E-state index < -0.39 is 0 Å². The lowest BCUT2D eigenvalue weighted by atomic mass is 10.2. The van der Waals surface area contributed by atoms with Crippen LogP contribution < -0.4 is 15.3 Å². The van der Waals surface area contributed by atoms with Crippen molar-refractivity contribution in [3.8, 4) is 11.5 Å². The Morgan fingerprint density at radius 2 is 1.20 bits per heavy atom. The monoisotopic (exact) mass is 332 g/mol. The van der Waals surface area contributed by atoms with Crippen LogP contribution in [0.25, 0.3) is 0 Å². The maximum atomic E-state index is 5.89. The lowest BCUT2D eigenvalue weighted by molar-refractivity contribution is 0.290. The second-order valence-corrected chi connectivity index (χ2v) is 5.56. The molecule has 0 atom stereocenters. The van der Waals surface area contributed by atoms with E-state index in [0.717, 1.165) is 16.7 Å². The number of rotatable bonds is 7. The highest BCUT2D eigenvalue weighted by molar-refractivity contribution is 5.80. The number of hydrogen-bond donors (Lipinski definition) is 1. The molecule has 0 aliphatic carbocycles. The van der Waals surface area contributed by atoms with Crippen molar-refractivity contribution in [2.24, 2.45) is 10.9 Å². The molecule has 25 heavy (non-hydrogen) atoms. The first-order valence-corrected chi connectivity index (χ1v) is 8.05. The van der Waals surface area contributed by atoms with Gasteiger partial charge in [0.2, 0.25) is 0 Å². The van der Waals surface area contributed by atoms with Gasteiger partial charge < -0.3 is 15.3 Å². The van der Waals surface area contributed by atoms with E-state index in [-0.39, 0.29) is 0 Å². The Kier molecular flexibility index (Phi) is 5.67. The number of nitrogens with zero attached hydrogens (tertiary/aromatic N) is 1. The Hall–Kier alpha value is -3.27. The SMILES string of the molecule is N/N=C/c1cc(OCc2ccccc2)cc(OCc2ccccc2)c1. The first-order chi connectivity index (χ1) is 12.3. The minimum absolute atomic E-state index is 0.488. The molecular formula is C21H20N2O2. The summed E-state index contributed by atoms with van der Waals surface area (Å²) in [4.78, 5) is 0. The first kappa shape index (κ1) is 16.6. The van der Waals surface area contributed by atoms with Crippen LogP contribution in [0.3, 0.4) is 0 Å². The third-order valence-corrected chi connectivity index (χ3v) is 3.62. The molecule has 0 amide bonds. The van der Waals surface area contributed by atoms with Crippen LogP contribution in [-0.4, -0.2) is 6.21 Å². The Balaban J connectivity index is 1.72. The Bertz CT molecular complexity index is 756.